The Morgan fingerprint density at radius 1 is 1.26 bits per heavy atom. The maximum atomic E-state index is 12.5. The Morgan fingerprint density at radius 3 is 2.65 bits per heavy atom. The van der Waals surface area contributed by atoms with Gasteiger partial charge in [-0.3, -0.25) is 0 Å². The van der Waals surface area contributed by atoms with Crippen molar-refractivity contribution in [3.63, 3.8) is 0 Å². The van der Waals surface area contributed by atoms with E-state index >= 15 is 0 Å². The molecule has 1 saturated carbocycles. The van der Waals surface area contributed by atoms with Crippen molar-refractivity contribution in [2.45, 2.75) is 31.5 Å². The molecule has 1 unspecified atom stereocenters. The molecule has 0 bridgehead atoms. The van der Waals surface area contributed by atoms with E-state index in [0.717, 1.165) is 19.6 Å². The van der Waals surface area contributed by atoms with Crippen LogP contribution in [-0.2, 0) is 16.8 Å². The number of hydrogen-bond acceptors (Lipinski definition) is 5. The smallest absolute Gasteiger partial charge is 0.279 e. The number of likely N-dealkylation sites (N-methyl/N-ethyl adjacent to an activating group) is 1. The lowest BCUT2D eigenvalue weighted by Gasteiger charge is -2.32. The molecule has 1 aromatic heterocycles. The Balaban J connectivity index is 1.56. The minimum absolute atomic E-state index is 0.249. The summed E-state index contributed by atoms with van der Waals surface area (Å²) < 4.78 is 31.1. The van der Waals surface area contributed by atoms with Crippen molar-refractivity contribution in [1.29, 1.82) is 0 Å². The highest BCUT2D eigenvalue weighted by Crippen LogP contribution is 2.28. The second-order valence-corrected chi connectivity index (χ2v) is 8.30. The van der Waals surface area contributed by atoms with E-state index in [1.54, 1.807) is 12.5 Å². The lowest BCUT2D eigenvalue weighted by atomic mass is 10.1. The zero-order chi connectivity index (χ0) is 16.4. The summed E-state index contributed by atoms with van der Waals surface area (Å²) in [4.78, 5) is 6.12. The first-order chi connectivity index (χ1) is 10.9. The number of aliphatic hydroxyl groups excluding tert-OH is 1. The summed E-state index contributed by atoms with van der Waals surface area (Å²) in [6, 6.07) is -0.409. The Kier molecular flexibility index (Phi) is 5.02. The number of aromatic nitrogens is 2. The number of nitrogens with one attached hydrogen (secondary N) is 1. The average Bonchev–Trinajstić information content (AvgIpc) is 3.10. The predicted octanol–water partition coefficient (Wildman–Crippen LogP) is -0.896. The molecule has 0 amide bonds. The third-order valence-electron chi connectivity index (χ3n) is 4.76. The standard InChI is InChI=1S/C14H25N5O3S/c1-17-4-6-19(7-5-17)23(21,22)16-13-8-12(9-14(13)20)10-18-3-2-15-11-18/h2-3,11-14,16,20H,4-10H2,1H3/t12?,13-,14-/m1/s1. The molecule has 1 aromatic rings. The first-order valence-corrected chi connectivity index (χ1v) is 9.48. The molecule has 3 rings (SSSR count). The van der Waals surface area contributed by atoms with Crippen molar-refractivity contribution in [3.8, 4) is 0 Å². The van der Waals surface area contributed by atoms with Crippen molar-refractivity contribution in [3.05, 3.63) is 18.7 Å². The van der Waals surface area contributed by atoms with Gasteiger partial charge in [0.25, 0.3) is 10.2 Å². The van der Waals surface area contributed by atoms with Crippen LogP contribution in [0.15, 0.2) is 18.7 Å². The van der Waals surface area contributed by atoms with Crippen LogP contribution in [-0.4, -0.2) is 77.7 Å². The van der Waals surface area contributed by atoms with Gasteiger partial charge in [0.2, 0.25) is 0 Å². The van der Waals surface area contributed by atoms with Crippen LogP contribution < -0.4 is 4.72 Å². The van der Waals surface area contributed by atoms with E-state index in [2.05, 4.69) is 14.6 Å². The Bertz CT molecular complexity index is 598. The molecule has 2 N–H and O–H groups in total. The van der Waals surface area contributed by atoms with Crippen LogP contribution in [0.25, 0.3) is 0 Å². The predicted molar refractivity (Wildman–Crippen MR) is 85.9 cm³/mol. The summed E-state index contributed by atoms with van der Waals surface area (Å²) in [5.41, 5.74) is 0. The van der Waals surface area contributed by atoms with Crippen LogP contribution in [0.3, 0.4) is 0 Å². The Morgan fingerprint density at radius 2 is 2.00 bits per heavy atom. The van der Waals surface area contributed by atoms with Crippen LogP contribution >= 0.6 is 0 Å². The lowest BCUT2D eigenvalue weighted by molar-refractivity contribution is 0.152. The van der Waals surface area contributed by atoms with Crippen molar-refractivity contribution >= 4 is 10.2 Å². The highest BCUT2D eigenvalue weighted by atomic mass is 32.2. The van der Waals surface area contributed by atoms with Gasteiger partial charge in [0.05, 0.1) is 12.4 Å². The monoisotopic (exact) mass is 343 g/mol. The SMILES string of the molecule is CN1CCN(S(=O)(=O)N[C@@H]2CC(Cn3ccnc3)C[C@H]2O)CC1. The molecule has 2 fully saturated rings. The number of nitrogens with zero attached hydrogens (tertiary/aromatic N) is 4. The van der Waals surface area contributed by atoms with Gasteiger partial charge in [-0.2, -0.15) is 17.4 Å². The van der Waals surface area contributed by atoms with Crippen LogP contribution in [0.1, 0.15) is 12.8 Å². The van der Waals surface area contributed by atoms with Gasteiger partial charge < -0.3 is 14.6 Å². The van der Waals surface area contributed by atoms with E-state index in [-0.39, 0.29) is 5.92 Å². The molecule has 1 aliphatic heterocycles. The van der Waals surface area contributed by atoms with Gasteiger partial charge in [0, 0.05) is 51.2 Å². The van der Waals surface area contributed by atoms with Gasteiger partial charge in [-0.1, -0.05) is 0 Å². The van der Waals surface area contributed by atoms with Gasteiger partial charge in [-0.15, -0.1) is 0 Å². The third kappa shape index (κ3) is 4.10. The molecule has 0 radical (unpaired) electrons. The molecule has 3 atom stereocenters. The van der Waals surface area contributed by atoms with Crippen molar-refractivity contribution in [2.75, 3.05) is 33.2 Å². The average molecular weight is 343 g/mol. The van der Waals surface area contributed by atoms with Gasteiger partial charge in [-0.05, 0) is 25.8 Å². The van der Waals surface area contributed by atoms with E-state index in [9.17, 15) is 13.5 Å². The fourth-order valence-electron chi connectivity index (χ4n) is 3.38. The summed E-state index contributed by atoms with van der Waals surface area (Å²) in [5.74, 6) is 0.249. The molecule has 9 heteroatoms. The van der Waals surface area contributed by atoms with E-state index < -0.39 is 22.4 Å². The summed E-state index contributed by atoms with van der Waals surface area (Å²) in [6.45, 7) is 3.21. The van der Waals surface area contributed by atoms with Crippen molar-refractivity contribution in [1.82, 2.24) is 23.5 Å². The largest absolute Gasteiger partial charge is 0.391 e. The van der Waals surface area contributed by atoms with Crippen molar-refractivity contribution in [2.24, 2.45) is 5.92 Å². The molecule has 2 heterocycles. The van der Waals surface area contributed by atoms with E-state index in [0.29, 0.717) is 25.9 Å². The molecular formula is C14H25N5O3S. The van der Waals surface area contributed by atoms with Crippen molar-refractivity contribution < 1.29 is 13.5 Å². The molecule has 8 nitrogen and oxygen atoms in total. The van der Waals surface area contributed by atoms with Crippen LogP contribution in [0.5, 0.6) is 0 Å². The fraction of sp³-hybridized carbons (Fsp3) is 0.786. The molecule has 23 heavy (non-hydrogen) atoms. The summed E-state index contributed by atoms with van der Waals surface area (Å²) >= 11 is 0. The lowest BCUT2D eigenvalue weighted by Crippen LogP contribution is -2.53. The van der Waals surface area contributed by atoms with Gasteiger partial charge >= 0.3 is 0 Å². The summed E-state index contributed by atoms with van der Waals surface area (Å²) in [5, 5.41) is 10.2. The first kappa shape index (κ1) is 16.8. The quantitative estimate of drug-likeness (QED) is 0.723. The Labute approximate surface area is 137 Å². The highest BCUT2D eigenvalue weighted by Gasteiger charge is 2.37. The number of rotatable bonds is 5. The van der Waals surface area contributed by atoms with Gasteiger partial charge in [0.15, 0.2) is 0 Å². The fourth-order valence-corrected chi connectivity index (χ4v) is 4.81. The number of piperazine rings is 1. The van der Waals surface area contributed by atoms with E-state index in [1.165, 1.54) is 4.31 Å². The Hall–Kier alpha value is -1.00. The van der Waals surface area contributed by atoms with Gasteiger partial charge in [0.1, 0.15) is 0 Å². The zero-order valence-electron chi connectivity index (χ0n) is 13.4. The topological polar surface area (TPSA) is 90.7 Å². The molecule has 130 valence electrons. The molecule has 2 aliphatic rings. The van der Waals surface area contributed by atoms with Crippen LogP contribution in [0, 0.1) is 5.92 Å². The molecule has 0 aromatic carbocycles. The molecule has 1 saturated heterocycles. The van der Waals surface area contributed by atoms with Crippen LogP contribution in [0.2, 0.25) is 0 Å². The number of hydrogen-bond donors (Lipinski definition) is 2. The van der Waals surface area contributed by atoms with E-state index in [1.807, 2.05) is 17.8 Å². The minimum atomic E-state index is -3.53. The minimum Gasteiger partial charge on any atom is -0.391 e. The maximum absolute atomic E-state index is 12.5. The maximum Gasteiger partial charge on any atom is 0.279 e. The third-order valence-corrected chi connectivity index (χ3v) is 6.40. The van der Waals surface area contributed by atoms with Gasteiger partial charge in [-0.25, -0.2) is 4.98 Å². The molecular weight excluding hydrogens is 318 g/mol. The second kappa shape index (κ2) is 6.86. The van der Waals surface area contributed by atoms with Crippen LogP contribution in [0.4, 0.5) is 0 Å². The van der Waals surface area contributed by atoms with E-state index in [4.69, 9.17) is 0 Å². The first-order valence-electron chi connectivity index (χ1n) is 8.04. The molecule has 1 aliphatic carbocycles. The zero-order valence-corrected chi connectivity index (χ0v) is 14.2. The number of imidazole rings is 1. The highest BCUT2D eigenvalue weighted by molar-refractivity contribution is 7.87. The molecule has 0 spiro atoms. The summed E-state index contributed by atoms with van der Waals surface area (Å²) in [6.07, 6.45) is 5.97. The summed E-state index contributed by atoms with van der Waals surface area (Å²) in [7, 11) is -1.55. The normalized spacial score (nSPS) is 30.8. The second-order valence-electron chi connectivity index (χ2n) is 6.60. The number of aliphatic hydroxyl groups is 1.